The molecule has 1 aromatic rings. The average molecular weight is 206 g/mol. The van der Waals surface area contributed by atoms with Gasteiger partial charge in [-0.05, 0) is 36.5 Å². The Labute approximate surface area is 78.6 Å². The molecule has 0 radical (unpaired) electrons. The second kappa shape index (κ2) is 4.47. The zero-order valence-electron chi connectivity index (χ0n) is 6.96. The van der Waals surface area contributed by atoms with Crippen LogP contribution in [0, 0.1) is 0 Å². The molecule has 5 heteroatoms. The lowest BCUT2D eigenvalue weighted by atomic mass is 10.8. The van der Waals surface area contributed by atoms with Gasteiger partial charge in [0.25, 0.3) is 4.06 Å². The Kier molecular flexibility index (Phi) is 3.55. The highest BCUT2D eigenvalue weighted by atomic mass is 32.2. The molecule has 0 amide bonds. The third kappa shape index (κ3) is 2.22. The van der Waals surface area contributed by atoms with E-state index in [9.17, 15) is 4.79 Å². The van der Waals surface area contributed by atoms with Crippen molar-refractivity contribution in [2.24, 2.45) is 0 Å². The van der Waals surface area contributed by atoms with Crippen LogP contribution in [0.1, 0.15) is 13.8 Å². The molecule has 68 valence electrons. The Bertz CT molecular complexity index is 263. The Morgan fingerprint density at radius 2 is 1.50 bits per heavy atom. The summed E-state index contributed by atoms with van der Waals surface area (Å²) in [6.07, 6.45) is 0. The van der Waals surface area contributed by atoms with Gasteiger partial charge < -0.3 is 9.47 Å². The first-order chi connectivity index (χ1) is 5.77. The Morgan fingerprint density at radius 1 is 1.08 bits per heavy atom. The van der Waals surface area contributed by atoms with Crippen molar-refractivity contribution in [1.29, 1.82) is 0 Å². The van der Waals surface area contributed by atoms with Gasteiger partial charge in [-0.15, -0.1) is 0 Å². The van der Waals surface area contributed by atoms with Crippen molar-refractivity contribution < 1.29 is 9.47 Å². The van der Waals surface area contributed by atoms with Crippen molar-refractivity contribution >= 4 is 22.7 Å². The van der Waals surface area contributed by atoms with E-state index in [1.165, 1.54) is 0 Å². The lowest BCUT2D eigenvalue weighted by Crippen LogP contribution is -1.93. The van der Waals surface area contributed by atoms with Crippen molar-refractivity contribution in [1.82, 2.24) is 0 Å². The standard InChI is InChI=1S/C7H10O3S2/c1-3-9-5-6(10-4-2)12-7(8)11-5/h3-4H2,1-2H3. The quantitative estimate of drug-likeness (QED) is 0.755. The summed E-state index contributed by atoms with van der Waals surface area (Å²) < 4.78 is 10.4. The van der Waals surface area contributed by atoms with Gasteiger partial charge in [-0.1, -0.05) is 0 Å². The van der Waals surface area contributed by atoms with Crippen LogP contribution in [0.3, 0.4) is 0 Å². The van der Waals surface area contributed by atoms with Gasteiger partial charge in [0, 0.05) is 0 Å². The van der Waals surface area contributed by atoms with Crippen molar-refractivity contribution in [3.63, 3.8) is 0 Å². The fraction of sp³-hybridized carbons (Fsp3) is 0.571. The third-order valence-corrected chi connectivity index (χ3v) is 3.01. The number of hydrogen-bond acceptors (Lipinski definition) is 5. The van der Waals surface area contributed by atoms with Crippen LogP contribution in [0.15, 0.2) is 4.79 Å². The smallest absolute Gasteiger partial charge is 0.294 e. The van der Waals surface area contributed by atoms with Gasteiger partial charge >= 0.3 is 0 Å². The molecular formula is C7H10O3S2. The Morgan fingerprint density at radius 3 is 1.83 bits per heavy atom. The van der Waals surface area contributed by atoms with E-state index < -0.39 is 0 Å². The third-order valence-electron chi connectivity index (χ3n) is 1.07. The molecule has 3 nitrogen and oxygen atoms in total. The van der Waals surface area contributed by atoms with Crippen LogP contribution >= 0.6 is 22.7 Å². The molecule has 0 fully saturated rings. The summed E-state index contributed by atoms with van der Waals surface area (Å²) >= 11 is 2.19. The largest absolute Gasteiger partial charge is 0.481 e. The molecule has 0 unspecified atom stereocenters. The van der Waals surface area contributed by atoms with E-state index in [-0.39, 0.29) is 4.06 Å². The topological polar surface area (TPSA) is 35.5 Å². The van der Waals surface area contributed by atoms with Gasteiger partial charge in [0.05, 0.1) is 13.2 Å². The summed E-state index contributed by atoms with van der Waals surface area (Å²) in [4.78, 5) is 10.9. The average Bonchev–Trinajstić information content (AvgIpc) is 2.33. The highest BCUT2D eigenvalue weighted by Gasteiger charge is 2.09. The molecule has 0 atom stereocenters. The monoisotopic (exact) mass is 206 g/mol. The molecule has 0 aliphatic heterocycles. The van der Waals surface area contributed by atoms with Crippen molar-refractivity contribution in [2.75, 3.05) is 13.2 Å². The molecule has 0 aromatic carbocycles. The maximum absolute atomic E-state index is 10.9. The summed E-state index contributed by atoms with van der Waals surface area (Å²) in [7, 11) is 0. The summed E-state index contributed by atoms with van der Waals surface area (Å²) in [6.45, 7) is 4.88. The lowest BCUT2D eigenvalue weighted by molar-refractivity contribution is 0.302. The molecule has 1 heterocycles. The summed E-state index contributed by atoms with van der Waals surface area (Å²) in [5, 5.41) is 1.21. The van der Waals surface area contributed by atoms with E-state index in [1.807, 2.05) is 13.8 Å². The molecule has 0 bridgehead atoms. The molecule has 0 spiro atoms. The minimum Gasteiger partial charge on any atom is -0.481 e. The van der Waals surface area contributed by atoms with Gasteiger partial charge in [-0.2, -0.15) is 0 Å². The molecule has 0 aliphatic rings. The highest BCUT2D eigenvalue weighted by molar-refractivity contribution is 7.30. The summed E-state index contributed by atoms with van der Waals surface area (Å²) in [6, 6.07) is 0. The van der Waals surface area contributed by atoms with Crippen LogP contribution in [0.25, 0.3) is 0 Å². The molecule has 0 saturated heterocycles. The normalized spacial score (nSPS) is 9.83. The predicted octanol–water partition coefficient (Wildman–Crippen LogP) is 1.97. The molecule has 0 N–H and O–H groups in total. The lowest BCUT2D eigenvalue weighted by Gasteiger charge is -2.02. The second-order valence-electron chi connectivity index (χ2n) is 1.90. The van der Waals surface area contributed by atoms with Crippen molar-refractivity contribution in [3.8, 4) is 10.1 Å². The van der Waals surface area contributed by atoms with Gasteiger partial charge in [0.1, 0.15) is 0 Å². The first-order valence-electron chi connectivity index (χ1n) is 3.67. The fourth-order valence-corrected chi connectivity index (χ4v) is 2.51. The van der Waals surface area contributed by atoms with E-state index in [4.69, 9.17) is 9.47 Å². The van der Waals surface area contributed by atoms with Gasteiger partial charge in [-0.3, -0.25) is 4.79 Å². The molecule has 0 aliphatic carbocycles. The van der Waals surface area contributed by atoms with Gasteiger partial charge in [-0.25, -0.2) is 0 Å². The number of rotatable bonds is 4. The van der Waals surface area contributed by atoms with E-state index in [0.717, 1.165) is 22.7 Å². The van der Waals surface area contributed by atoms with Crippen LogP contribution in [0.4, 0.5) is 0 Å². The van der Waals surface area contributed by atoms with E-state index >= 15 is 0 Å². The van der Waals surface area contributed by atoms with Gasteiger partial charge in [0.2, 0.25) is 10.1 Å². The maximum atomic E-state index is 10.9. The minimum absolute atomic E-state index is 0.0156. The first-order valence-corrected chi connectivity index (χ1v) is 5.30. The van der Waals surface area contributed by atoms with E-state index in [2.05, 4.69) is 0 Å². The second-order valence-corrected chi connectivity index (χ2v) is 4.04. The van der Waals surface area contributed by atoms with Crippen LogP contribution < -0.4 is 13.5 Å². The summed E-state index contributed by atoms with van der Waals surface area (Å²) in [5.74, 6) is 0. The van der Waals surface area contributed by atoms with Crippen molar-refractivity contribution in [2.45, 2.75) is 13.8 Å². The fourth-order valence-electron chi connectivity index (χ4n) is 0.695. The van der Waals surface area contributed by atoms with Crippen LogP contribution in [-0.4, -0.2) is 13.2 Å². The molecule has 1 aromatic heterocycles. The van der Waals surface area contributed by atoms with Crippen LogP contribution in [-0.2, 0) is 0 Å². The van der Waals surface area contributed by atoms with E-state index in [0.29, 0.717) is 23.3 Å². The van der Waals surface area contributed by atoms with E-state index in [1.54, 1.807) is 0 Å². The first kappa shape index (κ1) is 9.54. The van der Waals surface area contributed by atoms with Crippen LogP contribution in [0.5, 0.6) is 10.1 Å². The maximum Gasteiger partial charge on any atom is 0.294 e. The highest BCUT2D eigenvalue weighted by Crippen LogP contribution is 2.34. The summed E-state index contributed by atoms with van der Waals surface area (Å²) in [5.41, 5.74) is 0. The molecule has 12 heavy (non-hydrogen) atoms. The Hall–Kier alpha value is -0.550. The van der Waals surface area contributed by atoms with Crippen LogP contribution in [0.2, 0.25) is 0 Å². The molecular weight excluding hydrogens is 196 g/mol. The minimum atomic E-state index is 0.0156. The number of ether oxygens (including phenoxy) is 2. The van der Waals surface area contributed by atoms with Crippen molar-refractivity contribution in [3.05, 3.63) is 8.85 Å². The zero-order chi connectivity index (χ0) is 8.97. The SMILES string of the molecule is CCOc1sc(=O)sc1OCC. The predicted molar refractivity (Wildman–Crippen MR) is 50.8 cm³/mol. The number of hydrogen-bond donors (Lipinski definition) is 0. The van der Waals surface area contributed by atoms with Gasteiger partial charge in [0.15, 0.2) is 0 Å². The molecule has 1 rings (SSSR count). The zero-order valence-corrected chi connectivity index (χ0v) is 8.59. The molecule has 0 saturated carbocycles. The Balaban J connectivity index is 2.84.